The lowest BCUT2D eigenvalue weighted by Crippen LogP contribution is -2.18. The highest BCUT2D eigenvalue weighted by Crippen LogP contribution is 2.27. The molecular formula is C21H24FN3O. The van der Waals surface area contributed by atoms with E-state index in [2.05, 4.69) is 24.1 Å². The van der Waals surface area contributed by atoms with E-state index in [1.807, 2.05) is 31.2 Å². The van der Waals surface area contributed by atoms with Crippen LogP contribution in [0, 0.1) is 5.82 Å². The van der Waals surface area contributed by atoms with Gasteiger partial charge in [0.1, 0.15) is 17.2 Å². The third kappa shape index (κ3) is 3.47. The van der Waals surface area contributed by atoms with Crippen molar-refractivity contribution in [2.45, 2.75) is 46.0 Å². The molecule has 1 N–H and O–H groups in total. The number of aryl methyl sites for hydroxylation is 1. The molecule has 3 aromatic rings. The number of benzene rings is 1. The molecule has 3 rings (SSSR count). The van der Waals surface area contributed by atoms with E-state index in [0.29, 0.717) is 29.4 Å². The molecule has 4 nitrogen and oxygen atoms in total. The Morgan fingerprint density at radius 3 is 2.73 bits per heavy atom. The van der Waals surface area contributed by atoms with Crippen molar-refractivity contribution in [1.29, 1.82) is 0 Å². The molecule has 0 spiro atoms. The fourth-order valence-corrected chi connectivity index (χ4v) is 3.16. The summed E-state index contributed by atoms with van der Waals surface area (Å²) in [5, 5.41) is 3.02. The monoisotopic (exact) mass is 353 g/mol. The van der Waals surface area contributed by atoms with Crippen LogP contribution >= 0.6 is 0 Å². The predicted octanol–water partition coefficient (Wildman–Crippen LogP) is 5.19. The second-order valence-electron chi connectivity index (χ2n) is 6.58. The zero-order valence-electron chi connectivity index (χ0n) is 15.4. The minimum atomic E-state index is -0.396. The number of halogens is 1. The first-order valence-electron chi connectivity index (χ1n) is 9.11. The summed E-state index contributed by atoms with van der Waals surface area (Å²) in [5.41, 5.74) is 3.56. The van der Waals surface area contributed by atoms with Gasteiger partial charge in [0, 0.05) is 11.9 Å². The SMILES string of the molecule is CCCc1nc2ccc(F)cn2c1C(=O)Nc1ccccc1C(C)CC. The van der Waals surface area contributed by atoms with Crippen molar-refractivity contribution in [3.05, 3.63) is 65.4 Å². The van der Waals surface area contributed by atoms with Crippen molar-refractivity contribution in [3.8, 4) is 0 Å². The summed E-state index contributed by atoms with van der Waals surface area (Å²) in [6.07, 6.45) is 3.82. The number of hydrogen-bond donors (Lipinski definition) is 1. The second-order valence-corrected chi connectivity index (χ2v) is 6.58. The third-order valence-corrected chi connectivity index (χ3v) is 4.71. The molecule has 0 saturated heterocycles. The maximum atomic E-state index is 13.7. The lowest BCUT2D eigenvalue weighted by atomic mass is 9.97. The number of nitrogens with zero attached hydrogens (tertiary/aromatic N) is 2. The van der Waals surface area contributed by atoms with Gasteiger partial charge in [0.25, 0.3) is 5.91 Å². The van der Waals surface area contributed by atoms with Crippen LogP contribution in [0.5, 0.6) is 0 Å². The van der Waals surface area contributed by atoms with Crippen LogP contribution in [-0.4, -0.2) is 15.3 Å². The van der Waals surface area contributed by atoms with E-state index in [0.717, 1.165) is 24.1 Å². The number of hydrogen-bond acceptors (Lipinski definition) is 2. The van der Waals surface area contributed by atoms with E-state index in [1.165, 1.54) is 12.3 Å². The summed E-state index contributed by atoms with van der Waals surface area (Å²) in [5.74, 6) is -0.324. The molecule has 0 radical (unpaired) electrons. The number of amides is 1. The highest BCUT2D eigenvalue weighted by molar-refractivity contribution is 6.05. The van der Waals surface area contributed by atoms with Crippen LogP contribution < -0.4 is 5.32 Å². The Kier molecular flexibility index (Phi) is 5.35. The van der Waals surface area contributed by atoms with Crippen LogP contribution in [0.25, 0.3) is 5.65 Å². The number of imidazole rings is 1. The minimum absolute atomic E-state index is 0.262. The quantitative estimate of drug-likeness (QED) is 0.663. The van der Waals surface area contributed by atoms with Gasteiger partial charge in [0.05, 0.1) is 5.69 Å². The molecule has 0 aliphatic heterocycles. The summed E-state index contributed by atoms with van der Waals surface area (Å²) in [7, 11) is 0. The maximum Gasteiger partial charge on any atom is 0.274 e. The first-order valence-corrected chi connectivity index (χ1v) is 9.11. The second kappa shape index (κ2) is 7.68. The number of pyridine rings is 1. The number of rotatable bonds is 6. The van der Waals surface area contributed by atoms with Crippen molar-refractivity contribution >= 4 is 17.2 Å². The molecule has 0 aliphatic rings. The van der Waals surface area contributed by atoms with Gasteiger partial charge in [-0.05, 0) is 42.5 Å². The smallest absolute Gasteiger partial charge is 0.274 e. The van der Waals surface area contributed by atoms with Crippen molar-refractivity contribution < 1.29 is 9.18 Å². The van der Waals surface area contributed by atoms with Gasteiger partial charge in [0.2, 0.25) is 0 Å². The van der Waals surface area contributed by atoms with E-state index in [-0.39, 0.29) is 5.91 Å². The standard InChI is InChI=1S/C21H24FN3O/c1-4-8-18-20(25-13-15(22)11-12-19(25)23-18)21(26)24-17-10-7-6-9-16(17)14(3)5-2/h6-7,9-14H,4-5,8H2,1-3H3,(H,24,26). The Morgan fingerprint density at radius 2 is 2.00 bits per heavy atom. The molecule has 5 heteroatoms. The summed E-state index contributed by atoms with van der Waals surface area (Å²) >= 11 is 0. The third-order valence-electron chi connectivity index (χ3n) is 4.71. The van der Waals surface area contributed by atoms with Gasteiger partial charge < -0.3 is 5.32 Å². The Hall–Kier alpha value is -2.69. The summed E-state index contributed by atoms with van der Waals surface area (Å²) in [6.45, 7) is 6.29. The Bertz CT molecular complexity index is 932. The van der Waals surface area contributed by atoms with E-state index in [4.69, 9.17) is 0 Å². The molecular weight excluding hydrogens is 329 g/mol. The molecule has 0 bridgehead atoms. The molecule has 0 fully saturated rings. The van der Waals surface area contributed by atoms with Crippen LogP contribution in [0.1, 0.15) is 61.3 Å². The van der Waals surface area contributed by atoms with E-state index >= 15 is 0 Å². The number of carbonyl (C=O) groups excluding carboxylic acids is 1. The van der Waals surface area contributed by atoms with Crippen LogP contribution in [0.4, 0.5) is 10.1 Å². The first kappa shape index (κ1) is 18.1. The van der Waals surface area contributed by atoms with E-state index < -0.39 is 5.82 Å². The molecule has 2 heterocycles. The highest BCUT2D eigenvalue weighted by atomic mass is 19.1. The first-order chi connectivity index (χ1) is 12.5. The lowest BCUT2D eigenvalue weighted by molar-refractivity contribution is 0.102. The van der Waals surface area contributed by atoms with Gasteiger partial charge in [0.15, 0.2) is 0 Å². The van der Waals surface area contributed by atoms with Crippen LogP contribution in [0.2, 0.25) is 0 Å². The van der Waals surface area contributed by atoms with Crippen LogP contribution in [-0.2, 0) is 6.42 Å². The molecule has 26 heavy (non-hydrogen) atoms. The molecule has 136 valence electrons. The number of fused-ring (bicyclic) bond motifs is 1. The van der Waals surface area contributed by atoms with Gasteiger partial charge in [-0.3, -0.25) is 9.20 Å². The van der Waals surface area contributed by atoms with Crippen LogP contribution in [0.15, 0.2) is 42.6 Å². The zero-order chi connectivity index (χ0) is 18.7. The van der Waals surface area contributed by atoms with E-state index in [9.17, 15) is 9.18 Å². The maximum absolute atomic E-state index is 13.7. The van der Waals surface area contributed by atoms with E-state index in [1.54, 1.807) is 10.5 Å². The zero-order valence-corrected chi connectivity index (χ0v) is 15.4. The number of carbonyl (C=O) groups is 1. The molecule has 1 amide bonds. The van der Waals surface area contributed by atoms with Crippen molar-refractivity contribution in [1.82, 2.24) is 9.38 Å². The Balaban J connectivity index is 2.03. The molecule has 0 aliphatic carbocycles. The predicted molar refractivity (Wildman–Crippen MR) is 102 cm³/mol. The van der Waals surface area contributed by atoms with Crippen molar-refractivity contribution in [3.63, 3.8) is 0 Å². The van der Waals surface area contributed by atoms with Crippen molar-refractivity contribution in [2.75, 3.05) is 5.32 Å². The summed E-state index contributed by atoms with van der Waals surface area (Å²) in [4.78, 5) is 17.6. The minimum Gasteiger partial charge on any atom is -0.320 e. The fourth-order valence-electron chi connectivity index (χ4n) is 3.16. The topological polar surface area (TPSA) is 46.4 Å². The number of para-hydroxylation sites is 1. The molecule has 1 atom stereocenters. The fraction of sp³-hybridized carbons (Fsp3) is 0.333. The number of aromatic nitrogens is 2. The van der Waals surface area contributed by atoms with Gasteiger partial charge in [-0.1, -0.05) is 45.4 Å². The van der Waals surface area contributed by atoms with Gasteiger partial charge in [-0.15, -0.1) is 0 Å². The highest BCUT2D eigenvalue weighted by Gasteiger charge is 2.20. The largest absolute Gasteiger partial charge is 0.320 e. The van der Waals surface area contributed by atoms with Gasteiger partial charge >= 0.3 is 0 Å². The molecule has 1 unspecified atom stereocenters. The molecule has 2 aromatic heterocycles. The average molecular weight is 353 g/mol. The van der Waals surface area contributed by atoms with Crippen molar-refractivity contribution in [2.24, 2.45) is 0 Å². The Labute approximate surface area is 153 Å². The molecule has 0 saturated carbocycles. The number of nitrogens with one attached hydrogen (secondary N) is 1. The number of anilines is 1. The average Bonchev–Trinajstić information content (AvgIpc) is 2.99. The summed E-state index contributed by atoms with van der Waals surface area (Å²) < 4.78 is 15.3. The molecule has 1 aromatic carbocycles. The Morgan fingerprint density at radius 1 is 1.23 bits per heavy atom. The van der Waals surface area contributed by atoms with Gasteiger partial charge in [-0.2, -0.15) is 0 Å². The lowest BCUT2D eigenvalue weighted by Gasteiger charge is -2.16. The van der Waals surface area contributed by atoms with Gasteiger partial charge in [-0.25, -0.2) is 9.37 Å². The normalized spacial score (nSPS) is 12.3. The van der Waals surface area contributed by atoms with Crippen LogP contribution in [0.3, 0.4) is 0 Å². The summed E-state index contributed by atoms with van der Waals surface area (Å²) in [6, 6.07) is 10.8.